The summed E-state index contributed by atoms with van der Waals surface area (Å²) in [7, 11) is 3.42. The van der Waals surface area contributed by atoms with Crippen molar-refractivity contribution < 1.29 is 0 Å². The smallest absolute Gasteiger partial charge is 0.318 e. The molecule has 0 saturated heterocycles. The molecule has 1 aromatic heterocycles. The van der Waals surface area contributed by atoms with Gasteiger partial charge >= 0.3 is 5.69 Å². The summed E-state index contributed by atoms with van der Waals surface area (Å²) in [6, 6.07) is 4.94. The minimum Gasteiger partial charge on any atom is -0.318 e. The first-order valence-electron chi connectivity index (χ1n) is 5.60. The SMILES string of the molecule is CNCCn1c(=O)c2cc(Cl)ccc2n(C)c1=O. The summed E-state index contributed by atoms with van der Waals surface area (Å²) in [5.41, 5.74) is -0.0222. The minimum atomic E-state index is -0.315. The lowest BCUT2D eigenvalue weighted by Crippen LogP contribution is -2.40. The van der Waals surface area contributed by atoms with E-state index >= 15 is 0 Å². The number of halogens is 1. The third kappa shape index (κ3) is 2.07. The van der Waals surface area contributed by atoms with Gasteiger partial charge in [0.1, 0.15) is 0 Å². The summed E-state index contributed by atoms with van der Waals surface area (Å²) in [4.78, 5) is 24.3. The van der Waals surface area contributed by atoms with Gasteiger partial charge in [0.05, 0.1) is 10.9 Å². The number of aryl methyl sites for hydroxylation is 1. The topological polar surface area (TPSA) is 56.0 Å². The molecule has 96 valence electrons. The van der Waals surface area contributed by atoms with E-state index in [1.807, 2.05) is 0 Å². The number of hydrogen-bond donors (Lipinski definition) is 1. The van der Waals surface area contributed by atoms with E-state index in [0.29, 0.717) is 29.0 Å². The van der Waals surface area contributed by atoms with Crippen molar-refractivity contribution in [2.75, 3.05) is 13.6 Å². The van der Waals surface area contributed by atoms with E-state index in [9.17, 15) is 9.59 Å². The zero-order valence-electron chi connectivity index (χ0n) is 10.2. The molecule has 0 aliphatic carbocycles. The number of benzene rings is 1. The average molecular weight is 268 g/mol. The van der Waals surface area contributed by atoms with Crippen LogP contribution in [0.2, 0.25) is 5.02 Å². The van der Waals surface area contributed by atoms with E-state index in [4.69, 9.17) is 11.6 Å². The molecule has 0 fully saturated rings. The Hall–Kier alpha value is -1.59. The molecule has 0 unspecified atom stereocenters. The molecule has 0 bridgehead atoms. The summed E-state index contributed by atoms with van der Waals surface area (Å²) < 4.78 is 2.68. The molecule has 2 rings (SSSR count). The lowest BCUT2D eigenvalue weighted by molar-refractivity contribution is 0.580. The van der Waals surface area contributed by atoms with Crippen molar-refractivity contribution in [3.05, 3.63) is 44.1 Å². The van der Waals surface area contributed by atoms with Crippen LogP contribution in [0, 0.1) is 0 Å². The van der Waals surface area contributed by atoms with Gasteiger partial charge in [-0.05, 0) is 25.2 Å². The summed E-state index contributed by atoms with van der Waals surface area (Å²) in [6.07, 6.45) is 0. The fourth-order valence-electron chi connectivity index (χ4n) is 1.91. The summed E-state index contributed by atoms with van der Waals surface area (Å²) in [5, 5.41) is 3.86. The van der Waals surface area contributed by atoms with Gasteiger partial charge in [0.15, 0.2) is 0 Å². The van der Waals surface area contributed by atoms with Gasteiger partial charge < -0.3 is 5.32 Å². The second-order valence-electron chi connectivity index (χ2n) is 4.06. The Morgan fingerprint density at radius 3 is 2.72 bits per heavy atom. The zero-order valence-corrected chi connectivity index (χ0v) is 11.0. The van der Waals surface area contributed by atoms with E-state index in [1.165, 1.54) is 9.13 Å². The highest BCUT2D eigenvalue weighted by Crippen LogP contribution is 2.14. The number of likely N-dealkylation sites (N-methyl/N-ethyl adjacent to an activating group) is 1. The van der Waals surface area contributed by atoms with Crippen molar-refractivity contribution in [3.63, 3.8) is 0 Å². The Morgan fingerprint density at radius 1 is 1.33 bits per heavy atom. The Balaban J connectivity index is 2.80. The molecule has 2 aromatic rings. The van der Waals surface area contributed by atoms with Gasteiger partial charge in [-0.1, -0.05) is 11.6 Å². The first-order chi connectivity index (χ1) is 8.56. The molecule has 1 N–H and O–H groups in total. The molecule has 6 heteroatoms. The van der Waals surface area contributed by atoms with Gasteiger partial charge in [-0.25, -0.2) is 4.79 Å². The van der Waals surface area contributed by atoms with Gasteiger partial charge in [0.25, 0.3) is 5.56 Å². The fourth-order valence-corrected chi connectivity index (χ4v) is 2.08. The van der Waals surface area contributed by atoms with Crippen LogP contribution in [0.5, 0.6) is 0 Å². The third-order valence-corrected chi connectivity index (χ3v) is 3.13. The number of aromatic nitrogens is 2. The lowest BCUT2D eigenvalue weighted by atomic mass is 10.2. The van der Waals surface area contributed by atoms with E-state index in [2.05, 4.69) is 5.32 Å². The third-order valence-electron chi connectivity index (χ3n) is 2.90. The van der Waals surface area contributed by atoms with Crippen molar-refractivity contribution >= 4 is 22.5 Å². The van der Waals surface area contributed by atoms with E-state index < -0.39 is 0 Å². The van der Waals surface area contributed by atoms with Gasteiger partial charge in [0.2, 0.25) is 0 Å². The molecule has 1 aromatic carbocycles. The molecule has 1 heterocycles. The van der Waals surface area contributed by atoms with Crippen molar-refractivity contribution in [2.45, 2.75) is 6.54 Å². The van der Waals surface area contributed by atoms with Crippen LogP contribution >= 0.6 is 11.6 Å². The largest absolute Gasteiger partial charge is 0.331 e. The lowest BCUT2D eigenvalue weighted by Gasteiger charge is -2.10. The van der Waals surface area contributed by atoms with Crippen LogP contribution in [0.4, 0.5) is 0 Å². The maximum atomic E-state index is 12.2. The second kappa shape index (κ2) is 4.96. The molecule has 0 atom stereocenters. The maximum absolute atomic E-state index is 12.2. The van der Waals surface area contributed by atoms with Crippen LogP contribution in [0.1, 0.15) is 0 Å². The van der Waals surface area contributed by atoms with Crippen molar-refractivity contribution in [1.82, 2.24) is 14.5 Å². The normalized spacial score (nSPS) is 11.1. The summed E-state index contributed by atoms with van der Waals surface area (Å²) in [5.74, 6) is 0. The highest BCUT2D eigenvalue weighted by molar-refractivity contribution is 6.31. The highest BCUT2D eigenvalue weighted by Gasteiger charge is 2.10. The molecule has 5 nitrogen and oxygen atoms in total. The van der Waals surface area contributed by atoms with Crippen LogP contribution in [0.25, 0.3) is 10.9 Å². The molecular weight excluding hydrogens is 254 g/mol. The Kier molecular flexibility index (Phi) is 3.54. The van der Waals surface area contributed by atoms with Gasteiger partial charge in [0, 0.05) is 25.2 Å². The van der Waals surface area contributed by atoms with Crippen molar-refractivity contribution in [3.8, 4) is 0 Å². The molecule has 0 saturated carbocycles. The molecule has 0 aliphatic heterocycles. The molecule has 0 radical (unpaired) electrons. The number of hydrogen-bond acceptors (Lipinski definition) is 3. The highest BCUT2D eigenvalue weighted by atomic mass is 35.5. The quantitative estimate of drug-likeness (QED) is 0.885. The fraction of sp³-hybridized carbons (Fsp3) is 0.333. The van der Waals surface area contributed by atoms with Crippen molar-refractivity contribution in [2.24, 2.45) is 7.05 Å². The van der Waals surface area contributed by atoms with Crippen LogP contribution in [0.15, 0.2) is 27.8 Å². The number of rotatable bonds is 3. The Morgan fingerprint density at radius 2 is 2.06 bits per heavy atom. The van der Waals surface area contributed by atoms with E-state index in [1.54, 1.807) is 32.3 Å². The molecule has 0 spiro atoms. The zero-order chi connectivity index (χ0) is 13.3. The minimum absolute atomic E-state index is 0.300. The number of fused-ring (bicyclic) bond motifs is 1. The molecular formula is C12H14ClN3O2. The molecule has 0 aliphatic rings. The van der Waals surface area contributed by atoms with E-state index in [-0.39, 0.29) is 11.2 Å². The predicted octanol–water partition coefficient (Wildman–Crippen LogP) is 0.573. The molecule has 18 heavy (non-hydrogen) atoms. The number of nitrogens with zero attached hydrogens (tertiary/aromatic N) is 2. The number of nitrogens with one attached hydrogen (secondary N) is 1. The van der Waals surface area contributed by atoms with Gasteiger partial charge in [-0.3, -0.25) is 13.9 Å². The first kappa shape index (κ1) is 12.9. The maximum Gasteiger partial charge on any atom is 0.331 e. The standard InChI is InChI=1S/C12H14ClN3O2/c1-14-5-6-16-11(17)9-7-8(13)3-4-10(9)15(2)12(16)18/h3-4,7,14H,5-6H2,1-2H3. The second-order valence-corrected chi connectivity index (χ2v) is 4.50. The average Bonchev–Trinajstić information content (AvgIpc) is 2.36. The van der Waals surface area contributed by atoms with Crippen LogP contribution in [0.3, 0.4) is 0 Å². The van der Waals surface area contributed by atoms with E-state index in [0.717, 1.165) is 0 Å². The summed E-state index contributed by atoms with van der Waals surface area (Å²) in [6.45, 7) is 0.895. The van der Waals surface area contributed by atoms with Crippen LogP contribution in [-0.4, -0.2) is 22.7 Å². The van der Waals surface area contributed by atoms with Gasteiger partial charge in [-0.15, -0.1) is 0 Å². The molecule has 0 amide bonds. The monoisotopic (exact) mass is 267 g/mol. The Labute approximate surface area is 109 Å². The Bertz CT molecular complexity index is 703. The predicted molar refractivity (Wildman–Crippen MR) is 72.4 cm³/mol. The van der Waals surface area contributed by atoms with Crippen molar-refractivity contribution in [1.29, 1.82) is 0 Å². The summed E-state index contributed by atoms with van der Waals surface area (Å²) >= 11 is 5.89. The van der Waals surface area contributed by atoms with Gasteiger partial charge in [-0.2, -0.15) is 0 Å². The van der Waals surface area contributed by atoms with Crippen LogP contribution in [-0.2, 0) is 13.6 Å². The van der Waals surface area contributed by atoms with Crippen LogP contribution < -0.4 is 16.6 Å². The first-order valence-corrected chi connectivity index (χ1v) is 5.97.